The molecule has 0 aliphatic carbocycles. The van der Waals surface area contributed by atoms with Crippen molar-refractivity contribution in [3.8, 4) is 0 Å². The van der Waals surface area contributed by atoms with E-state index in [0.717, 1.165) is 0 Å². The van der Waals surface area contributed by atoms with Gasteiger partial charge in [0, 0.05) is 0 Å². The summed E-state index contributed by atoms with van der Waals surface area (Å²) in [6.45, 7) is -2.30. The third kappa shape index (κ3) is 3.22. The Balaban J connectivity index is 3.10. The lowest BCUT2D eigenvalue weighted by Crippen LogP contribution is -2.34. The second-order valence-corrected chi connectivity index (χ2v) is 3.58. The molecule has 0 N–H and O–H groups in total. The topological polar surface area (TPSA) is 26.3 Å². The fourth-order valence-corrected chi connectivity index (χ4v) is 1.08. The SMILES string of the molecule is O=C(OCC(F)(F)C(F)F)c1c(F)c(F)c(F)c(F)c1F. The van der Waals surface area contributed by atoms with E-state index in [-0.39, 0.29) is 0 Å². The Morgan fingerprint density at radius 3 is 1.67 bits per heavy atom. The van der Waals surface area contributed by atoms with Crippen LogP contribution in [0.25, 0.3) is 0 Å². The van der Waals surface area contributed by atoms with E-state index in [1.54, 1.807) is 0 Å². The lowest BCUT2D eigenvalue weighted by atomic mass is 10.1. The first kappa shape index (κ1) is 17.1. The van der Waals surface area contributed by atoms with Gasteiger partial charge in [0.05, 0.1) is 0 Å². The fourth-order valence-electron chi connectivity index (χ4n) is 1.08. The molecule has 11 heteroatoms. The highest BCUT2D eigenvalue weighted by Gasteiger charge is 2.43. The van der Waals surface area contributed by atoms with Gasteiger partial charge in [-0.05, 0) is 0 Å². The summed E-state index contributed by atoms with van der Waals surface area (Å²) in [6.07, 6.45) is -4.26. The third-order valence-corrected chi connectivity index (χ3v) is 2.13. The molecule has 0 bridgehead atoms. The summed E-state index contributed by atoms with van der Waals surface area (Å²) in [5.41, 5.74) is -2.16. The Morgan fingerprint density at radius 1 is 0.905 bits per heavy atom. The normalized spacial score (nSPS) is 11.9. The number of alkyl halides is 4. The van der Waals surface area contributed by atoms with Crippen molar-refractivity contribution in [3.63, 3.8) is 0 Å². The molecule has 0 unspecified atom stereocenters. The van der Waals surface area contributed by atoms with Gasteiger partial charge in [-0.25, -0.2) is 35.5 Å². The van der Waals surface area contributed by atoms with Gasteiger partial charge in [-0.3, -0.25) is 0 Å². The van der Waals surface area contributed by atoms with Gasteiger partial charge in [-0.15, -0.1) is 0 Å². The number of halogens is 9. The smallest absolute Gasteiger partial charge is 0.344 e. The van der Waals surface area contributed by atoms with Crippen LogP contribution in [0, 0.1) is 29.1 Å². The highest BCUT2D eigenvalue weighted by molar-refractivity contribution is 5.90. The number of ether oxygens (including phenoxy) is 1. The first-order valence-corrected chi connectivity index (χ1v) is 4.85. The van der Waals surface area contributed by atoms with Gasteiger partial charge in [0.2, 0.25) is 5.82 Å². The highest BCUT2D eigenvalue weighted by Crippen LogP contribution is 2.26. The van der Waals surface area contributed by atoms with Crippen molar-refractivity contribution in [1.82, 2.24) is 0 Å². The van der Waals surface area contributed by atoms with Crippen molar-refractivity contribution < 1.29 is 49.0 Å². The summed E-state index contributed by atoms with van der Waals surface area (Å²) in [4.78, 5) is 11.0. The third-order valence-electron chi connectivity index (χ3n) is 2.13. The Kier molecular flexibility index (Phi) is 4.74. The Hall–Kier alpha value is -1.94. The lowest BCUT2D eigenvalue weighted by Gasteiger charge is -2.15. The summed E-state index contributed by atoms with van der Waals surface area (Å²) >= 11 is 0. The van der Waals surface area contributed by atoms with E-state index in [2.05, 4.69) is 4.74 Å². The van der Waals surface area contributed by atoms with Crippen LogP contribution in [0.3, 0.4) is 0 Å². The minimum absolute atomic E-state index is 2.16. The molecule has 1 rings (SSSR count). The summed E-state index contributed by atoms with van der Waals surface area (Å²) < 4.78 is 116. The summed E-state index contributed by atoms with van der Waals surface area (Å²) in [5, 5.41) is 0. The number of carbonyl (C=O) groups is 1. The predicted molar refractivity (Wildman–Crippen MR) is 47.5 cm³/mol. The van der Waals surface area contributed by atoms with Crippen LogP contribution < -0.4 is 0 Å². The van der Waals surface area contributed by atoms with Gasteiger partial charge >= 0.3 is 18.3 Å². The second kappa shape index (κ2) is 5.82. The van der Waals surface area contributed by atoms with E-state index in [9.17, 15) is 44.3 Å². The van der Waals surface area contributed by atoms with Crippen LogP contribution in [0.2, 0.25) is 0 Å². The zero-order valence-corrected chi connectivity index (χ0v) is 9.50. The van der Waals surface area contributed by atoms with Crippen LogP contribution in [0.1, 0.15) is 10.4 Å². The fraction of sp³-hybridized carbons (Fsp3) is 0.300. The Morgan fingerprint density at radius 2 is 1.29 bits per heavy atom. The number of benzene rings is 1. The van der Waals surface area contributed by atoms with Crippen LogP contribution in [0.5, 0.6) is 0 Å². The summed E-state index contributed by atoms with van der Waals surface area (Å²) in [6, 6.07) is 0. The first-order chi connectivity index (χ1) is 9.50. The van der Waals surface area contributed by atoms with Crippen LogP contribution in [-0.2, 0) is 4.74 Å². The van der Waals surface area contributed by atoms with Gasteiger partial charge in [0.25, 0.3) is 0 Å². The molecule has 1 aromatic rings. The molecule has 0 saturated carbocycles. The number of rotatable bonds is 4. The minimum Gasteiger partial charge on any atom is -0.455 e. The van der Waals surface area contributed by atoms with E-state index < -0.39 is 59.6 Å². The van der Waals surface area contributed by atoms with Crippen molar-refractivity contribution in [2.45, 2.75) is 12.3 Å². The monoisotopic (exact) mass is 326 g/mol. The molecule has 118 valence electrons. The van der Waals surface area contributed by atoms with Gasteiger partial charge in [-0.1, -0.05) is 0 Å². The molecule has 0 aromatic heterocycles. The molecule has 0 spiro atoms. The Bertz CT molecular complexity index is 541. The number of hydrogen-bond acceptors (Lipinski definition) is 2. The maximum atomic E-state index is 13.1. The molecule has 0 heterocycles. The highest BCUT2D eigenvalue weighted by atomic mass is 19.3. The van der Waals surface area contributed by atoms with Crippen LogP contribution >= 0.6 is 0 Å². The van der Waals surface area contributed by atoms with Crippen LogP contribution in [-0.4, -0.2) is 24.9 Å². The van der Waals surface area contributed by atoms with E-state index in [1.165, 1.54) is 0 Å². The Labute approximate surface area is 110 Å². The van der Waals surface area contributed by atoms with E-state index >= 15 is 0 Å². The summed E-state index contributed by atoms with van der Waals surface area (Å²) in [7, 11) is 0. The van der Waals surface area contributed by atoms with Crippen molar-refractivity contribution >= 4 is 5.97 Å². The van der Waals surface area contributed by atoms with E-state index in [0.29, 0.717) is 0 Å². The molecule has 0 aliphatic heterocycles. The lowest BCUT2D eigenvalue weighted by molar-refractivity contribution is -0.155. The average molecular weight is 326 g/mol. The standard InChI is InChI=1S/C10H3F9O2/c11-3-2(4(12)6(14)7(15)5(3)13)8(20)21-1-10(18,19)9(16)17/h9H,1H2. The zero-order chi connectivity index (χ0) is 16.5. The quantitative estimate of drug-likeness (QED) is 0.367. The van der Waals surface area contributed by atoms with Gasteiger partial charge < -0.3 is 4.74 Å². The second-order valence-electron chi connectivity index (χ2n) is 3.58. The van der Waals surface area contributed by atoms with Crippen LogP contribution in [0.4, 0.5) is 39.5 Å². The molecule has 0 fully saturated rings. The molecule has 2 nitrogen and oxygen atoms in total. The molecule has 0 amide bonds. The number of esters is 1. The first-order valence-electron chi connectivity index (χ1n) is 4.85. The number of carbonyl (C=O) groups excluding carboxylic acids is 1. The maximum Gasteiger partial charge on any atom is 0.344 e. The van der Waals surface area contributed by atoms with Crippen molar-refractivity contribution in [2.24, 2.45) is 0 Å². The van der Waals surface area contributed by atoms with Crippen LogP contribution in [0.15, 0.2) is 0 Å². The zero-order valence-electron chi connectivity index (χ0n) is 9.50. The summed E-state index contributed by atoms with van der Waals surface area (Å²) in [5.74, 6) is -20.1. The van der Waals surface area contributed by atoms with Gasteiger partial charge in [0.15, 0.2) is 29.9 Å². The predicted octanol–water partition coefficient (Wildman–Crippen LogP) is 3.44. The average Bonchev–Trinajstić information content (AvgIpc) is 2.41. The minimum atomic E-state index is -4.85. The van der Waals surface area contributed by atoms with E-state index in [1.807, 2.05) is 0 Å². The molecule has 0 aliphatic rings. The largest absolute Gasteiger partial charge is 0.455 e. The van der Waals surface area contributed by atoms with E-state index in [4.69, 9.17) is 0 Å². The molecular weight excluding hydrogens is 323 g/mol. The number of hydrogen-bond donors (Lipinski definition) is 0. The molecule has 21 heavy (non-hydrogen) atoms. The van der Waals surface area contributed by atoms with Crippen molar-refractivity contribution in [3.05, 3.63) is 34.6 Å². The molecule has 0 saturated heterocycles. The van der Waals surface area contributed by atoms with Gasteiger partial charge in [-0.2, -0.15) is 8.78 Å². The van der Waals surface area contributed by atoms with Gasteiger partial charge in [0.1, 0.15) is 5.56 Å². The van der Waals surface area contributed by atoms with Crippen molar-refractivity contribution in [1.29, 1.82) is 0 Å². The molecule has 0 atom stereocenters. The molecular formula is C10H3F9O2. The van der Waals surface area contributed by atoms with Crippen molar-refractivity contribution in [2.75, 3.05) is 6.61 Å². The molecule has 1 aromatic carbocycles. The molecule has 0 radical (unpaired) electrons. The maximum absolute atomic E-state index is 13.1.